The number of nitrogens with zero attached hydrogens (tertiary/aromatic N) is 3. The third-order valence-electron chi connectivity index (χ3n) is 5.14. The Bertz CT molecular complexity index is 507. The van der Waals surface area contributed by atoms with Crippen molar-refractivity contribution in [3.63, 3.8) is 0 Å². The van der Waals surface area contributed by atoms with E-state index in [-0.39, 0.29) is 0 Å². The molecule has 29 heavy (non-hydrogen) atoms. The van der Waals surface area contributed by atoms with Gasteiger partial charge < -0.3 is 27.4 Å². The van der Waals surface area contributed by atoms with Crippen molar-refractivity contribution < 1.29 is 0 Å². The van der Waals surface area contributed by atoms with Gasteiger partial charge in [0.2, 0.25) is 0 Å². The second-order valence-corrected chi connectivity index (χ2v) is 7.71. The summed E-state index contributed by atoms with van der Waals surface area (Å²) < 4.78 is 0. The summed E-state index contributed by atoms with van der Waals surface area (Å²) >= 11 is 0. The predicted molar refractivity (Wildman–Crippen MR) is 121 cm³/mol. The van der Waals surface area contributed by atoms with E-state index in [2.05, 4.69) is 43.9 Å². The molecule has 1 fully saturated rings. The first-order valence-corrected chi connectivity index (χ1v) is 11.2. The lowest BCUT2D eigenvalue weighted by Gasteiger charge is -2.24. The number of pyridine rings is 1. The average Bonchev–Trinajstić information content (AvgIpc) is 2.71. The predicted octanol–water partition coefficient (Wildman–Crippen LogP) is -0.834. The summed E-state index contributed by atoms with van der Waals surface area (Å²) in [7, 11) is 0. The van der Waals surface area contributed by atoms with Crippen LogP contribution in [0, 0.1) is 0 Å². The van der Waals surface area contributed by atoms with Gasteiger partial charge in [-0.05, 0) is 51.2 Å². The number of hydrogen-bond acceptors (Lipinski definition) is 8. The molecule has 1 saturated heterocycles. The molecule has 0 aromatic carbocycles. The Morgan fingerprint density at radius 2 is 1.48 bits per heavy atom. The molecule has 7 N–H and O–H groups in total. The van der Waals surface area contributed by atoms with E-state index in [4.69, 9.17) is 16.5 Å². The lowest BCUT2D eigenvalue weighted by molar-refractivity contribution is 0.255. The van der Waals surface area contributed by atoms with Crippen molar-refractivity contribution >= 4 is 0 Å². The van der Waals surface area contributed by atoms with Gasteiger partial charge in [0, 0.05) is 65.4 Å². The Morgan fingerprint density at radius 3 is 2.21 bits per heavy atom. The summed E-state index contributed by atoms with van der Waals surface area (Å²) in [5, 5.41) is 10.6. The van der Waals surface area contributed by atoms with Gasteiger partial charge in [-0.1, -0.05) is 6.07 Å². The van der Waals surface area contributed by atoms with Crippen molar-refractivity contribution in [2.75, 3.05) is 78.5 Å². The van der Waals surface area contributed by atoms with Gasteiger partial charge in [0.1, 0.15) is 0 Å². The molecule has 0 saturated carbocycles. The summed E-state index contributed by atoms with van der Waals surface area (Å²) in [4.78, 5) is 9.71. The third-order valence-corrected chi connectivity index (χ3v) is 5.14. The van der Waals surface area contributed by atoms with Crippen molar-refractivity contribution in [1.29, 1.82) is 0 Å². The lowest BCUT2D eigenvalue weighted by Crippen LogP contribution is -2.37. The Morgan fingerprint density at radius 1 is 0.828 bits per heavy atom. The molecule has 166 valence electrons. The summed E-state index contributed by atoms with van der Waals surface area (Å²) in [6.45, 7) is 13.1. The van der Waals surface area contributed by atoms with Crippen LogP contribution in [0.1, 0.15) is 24.2 Å². The molecule has 2 heterocycles. The van der Waals surface area contributed by atoms with Crippen LogP contribution in [0.2, 0.25) is 0 Å². The van der Waals surface area contributed by atoms with Crippen LogP contribution in [0.3, 0.4) is 0 Å². The molecule has 0 aliphatic carbocycles. The largest absolute Gasteiger partial charge is 0.329 e. The molecule has 2 rings (SSSR count). The highest BCUT2D eigenvalue weighted by atomic mass is 15.2. The number of aromatic nitrogens is 1. The molecular formula is C21H42N8. The van der Waals surface area contributed by atoms with Crippen LogP contribution in [0.4, 0.5) is 0 Å². The zero-order valence-corrected chi connectivity index (χ0v) is 18.0. The highest BCUT2D eigenvalue weighted by molar-refractivity contribution is 5.11. The van der Waals surface area contributed by atoms with E-state index >= 15 is 0 Å². The van der Waals surface area contributed by atoms with Crippen LogP contribution in [0.5, 0.6) is 0 Å². The molecule has 1 aromatic heterocycles. The first-order valence-electron chi connectivity index (χ1n) is 11.2. The average molecular weight is 407 g/mol. The van der Waals surface area contributed by atoms with Gasteiger partial charge in [-0.3, -0.25) is 14.8 Å². The number of nitrogens with one attached hydrogen (secondary N) is 3. The normalized spacial score (nSPS) is 18.6. The molecule has 8 nitrogen and oxygen atoms in total. The number of rotatable bonds is 8. The van der Waals surface area contributed by atoms with Gasteiger partial charge in [-0.15, -0.1) is 0 Å². The first-order chi connectivity index (χ1) is 14.3. The van der Waals surface area contributed by atoms with Crippen LogP contribution in [0.15, 0.2) is 18.2 Å². The summed E-state index contributed by atoms with van der Waals surface area (Å²) in [5.41, 5.74) is 13.7. The number of nitrogens with two attached hydrogens (primary N) is 2. The second kappa shape index (κ2) is 15.7. The van der Waals surface area contributed by atoms with Gasteiger partial charge in [-0.2, -0.15) is 0 Å². The zero-order valence-electron chi connectivity index (χ0n) is 18.0. The van der Waals surface area contributed by atoms with Crippen molar-refractivity contribution in [2.24, 2.45) is 11.5 Å². The Labute approximate surface area is 176 Å². The van der Waals surface area contributed by atoms with E-state index in [1.807, 2.05) is 0 Å². The summed E-state index contributed by atoms with van der Waals surface area (Å²) in [5.74, 6) is 0. The topological polar surface area (TPSA) is 108 Å². The second-order valence-electron chi connectivity index (χ2n) is 7.71. The van der Waals surface area contributed by atoms with Crippen LogP contribution < -0.4 is 27.4 Å². The van der Waals surface area contributed by atoms with E-state index in [1.165, 1.54) is 6.42 Å². The Balaban J connectivity index is 1.89. The quantitative estimate of drug-likeness (QED) is 0.381. The maximum atomic E-state index is 5.73. The van der Waals surface area contributed by atoms with E-state index in [9.17, 15) is 0 Å². The van der Waals surface area contributed by atoms with Crippen molar-refractivity contribution in [2.45, 2.75) is 25.9 Å². The van der Waals surface area contributed by atoms with E-state index in [0.717, 1.165) is 96.3 Å². The molecular weight excluding hydrogens is 364 g/mol. The molecule has 0 radical (unpaired) electrons. The molecule has 1 aromatic rings. The van der Waals surface area contributed by atoms with Gasteiger partial charge >= 0.3 is 0 Å². The van der Waals surface area contributed by atoms with Gasteiger partial charge in [-0.25, -0.2) is 0 Å². The summed E-state index contributed by atoms with van der Waals surface area (Å²) in [6.07, 6.45) is 2.33. The summed E-state index contributed by atoms with van der Waals surface area (Å²) in [6, 6.07) is 6.37. The maximum Gasteiger partial charge on any atom is 0.0547 e. The smallest absolute Gasteiger partial charge is 0.0547 e. The fourth-order valence-electron chi connectivity index (χ4n) is 3.62. The Kier molecular flexibility index (Phi) is 13.1. The van der Waals surface area contributed by atoms with Crippen LogP contribution in [0.25, 0.3) is 0 Å². The lowest BCUT2D eigenvalue weighted by atomic mass is 10.2. The molecule has 0 spiro atoms. The highest BCUT2D eigenvalue weighted by Crippen LogP contribution is 2.07. The van der Waals surface area contributed by atoms with Crippen LogP contribution in [-0.2, 0) is 13.1 Å². The van der Waals surface area contributed by atoms with Crippen LogP contribution in [-0.4, -0.2) is 93.3 Å². The van der Waals surface area contributed by atoms with Gasteiger partial charge in [0.15, 0.2) is 0 Å². The molecule has 1 aliphatic rings. The Hall–Kier alpha value is -1.13. The maximum absolute atomic E-state index is 5.73. The van der Waals surface area contributed by atoms with Crippen LogP contribution >= 0.6 is 0 Å². The van der Waals surface area contributed by atoms with Gasteiger partial charge in [0.25, 0.3) is 0 Å². The van der Waals surface area contributed by atoms with E-state index in [0.29, 0.717) is 13.1 Å². The minimum absolute atomic E-state index is 0.643. The fourth-order valence-corrected chi connectivity index (χ4v) is 3.62. The standard InChI is InChI=1S/C21H42N8/c22-6-15-29(16-7-23)19-21-5-1-4-20(27-21)18-28-14-3-10-25-12-11-24-8-2-9-26-13-17-28/h1,4-5,24-26H,2-3,6-19,22-23H2. The molecule has 0 bridgehead atoms. The minimum atomic E-state index is 0.643. The van der Waals surface area contributed by atoms with Crippen molar-refractivity contribution in [3.05, 3.63) is 29.6 Å². The molecule has 1 aliphatic heterocycles. The molecule has 0 atom stereocenters. The molecule has 8 heteroatoms. The number of hydrogen-bond donors (Lipinski definition) is 5. The first kappa shape index (κ1) is 24.1. The van der Waals surface area contributed by atoms with Crippen molar-refractivity contribution in [3.8, 4) is 0 Å². The minimum Gasteiger partial charge on any atom is -0.329 e. The molecule has 0 unspecified atom stereocenters. The highest BCUT2D eigenvalue weighted by Gasteiger charge is 2.10. The van der Waals surface area contributed by atoms with Gasteiger partial charge in [0.05, 0.1) is 11.4 Å². The monoisotopic (exact) mass is 406 g/mol. The SMILES string of the molecule is NCCN(CCN)Cc1cccc(CN2CCCNCCNCCCNCC2)n1. The fraction of sp³-hybridized carbons (Fsp3) is 0.762. The van der Waals surface area contributed by atoms with E-state index in [1.54, 1.807) is 0 Å². The molecule has 0 amide bonds. The van der Waals surface area contributed by atoms with Crippen molar-refractivity contribution in [1.82, 2.24) is 30.7 Å². The third kappa shape index (κ3) is 11.0. The van der Waals surface area contributed by atoms with E-state index < -0.39 is 0 Å². The zero-order chi connectivity index (χ0) is 20.6.